The van der Waals surface area contributed by atoms with Crippen molar-refractivity contribution >= 4 is 17.6 Å². The number of alkyl halides is 1. The van der Waals surface area contributed by atoms with Crippen molar-refractivity contribution in [2.75, 3.05) is 12.5 Å². The minimum absolute atomic E-state index is 0.0880. The molecule has 0 N–H and O–H groups in total. The summed E-state index contributed by atoms with van der Waals surface area (Å²) in [6, 6.07) is 0. The third-order valence-electron chi connectivity index (χ3n) is 0.759. The van der Waals surface area contributed by atoms with Crippen LogP contribution < -0.4 is 0 Å². The molecule has 0 rings (SSSR count). The van der Waals surface area contributed by atoms with Gasteiger partial charge in [-0.3, -0.25) is 4.79 Å². The number of hydrogen-bond acceptors (Lipinski definition) is 2. The smallest absolute Gasteiger partial charge is 0.305 e. The van der Waals surface area contributed by atoms with Gasteiger partial charge in [-0.2, -0.15) is 0 Å². The van der Waals surface area contributed by atoms with Crippen LogP contribution in [0.15, 0.2) is 0 Å². The Morgan fingerprint density at radius 2 is 1.82 bits per heavy atom. The molecular formula is C8H17ClO2. The van der Waals surface area contributed by atoms with Crippen molar-refractivity contribution in [3.8, 4) is 0 Å². The van der Waals surface area contributed by atoms with E-state index in [1.165, 1.54) is 0 Å². The van der Waals surface area contributed by atoms with E-state index in [9.17, 15) is 4.79 Å². The molecule has 68 valence electrons. The van der Waals surface area contributed by atoms with E-state index in [4.69, 9.17) is 11.6 Å². The number of hydrogen-bond donors (Lipinski definition) is 0. The fourth-order valence-corrected chi connectivity index (χ4v) is 0.437. The van der Waals surface area contributed by atoms with E-state index in [1.807, 2.05) is 20.8 Å². The Balaban J connectivity index is 0. The molecule has 2 nitrogen and oxygen atoms in total. The van der Waals surface area contributed by atoms with E-state index in [-0.39, 0.29) is 5.97 Å². The molecule has 0 aliphatic carbocycles. The molecule has 0 aromatic rings. The van der Waals surface area contributed by atoms with Gasteiger partial charge in [0, 0.05) is 12.3 Å². The molecule has 0 atom stereocenters. The summed E-state index contributed by atoms with van der Waals surface area (Å²) in [4.78, 5) is 10.4. The zero-order valence-electron chi connectivity index (χ0n) is 7.52. The molecular weight excluding hydrogens is 164 g/mol. The fraction of sp³-hybridized carbons (Fsp3) is 0.875. The second kappa shape index (κ2) is 12.4. The van der Waals surface area contributed by atoms with Crippen LogP contribution in [0, 0.1) is 0 Å². The Labute approximate surface area is 73.9 Å². The van der Waals surface area contributed by atoms with Gasteiger partial charge in [0.2, 0.25) is 0 Å². The van der Waals surface area contributed by atoms with E-state index in [0.717, 1.165) is 12.3 Å². The van der Waals surface area contributed by atoms with Crippen molar-refractivity contribution < 1.29 is 9.53 Å². The van der Waals surface area contributed by atoms with Gasteiger partial charge in [0.1, 0.15) is 0 Å². The van der Waals surface area contributed by atoms with Crippen LogP contribution in [-0.2, 0) is 9.53 Å². The Morgan fingerprint density at radius 3 is 2.09 bits per heavy atom. The van der Waals surface area contributed by atoms with Crippen LogP contribution in [0.25, 0.3) is 0 Å². The first-order valence-corrected chi connectivity index (χ1v) is 4.47. The molecule has 0 unspecified atom stereocenters. The van der Waals surface area contributed by atoms with E-state index < -0.39 is 0 Å². The average Bonchev–Trinajstić information content (AvgIpc) is 1.90. The predicted molar refractivity (Wildman–Crippen MR) is 47.9 cm³/mol. The van der Waals surface area contributed by atoms with Crippen LogP contribution >= 0.6 is 11.6 Å². The van der Waals surface area contributed by atoms with Crippen molar-refractivity contribution in [1.29, 1.82) is 0 Å². The third-order valence-corrected chi connectivity index (χ3v) is 0.759. The van der Waals surface area contributed by atoms with Gasteiger partial charge in [0.15, 0.2) is 0 Å². The van der Waals surface area contributed by atoms with Crippen LogP contribution in [0.4, 0.5) is 0 Å². The Kier molecular flexibility index (Phi) is 15.1. The maximum absolute atomic E-state index is 10.4. The Hall–Kier alpha value is -0.240. The van der Waals surface area contributed by atoms with E-state index >= 15 is 0 Å². The second-order valence-electron chi connectivity index (χ2n) is 1.82. The van der Waals surface area contributed by atoms with Crippen LogP contribution in [0.2, 0.25) is 0 Å². The van der Waals surface area contributed by atoms with Crippen LogP contribution in [0.5, 0.6) is 0 Å². The lowest BCUT2D eigenvalue weighted by Gasteiger charge is -1.96. The van der Waals surface area contributed by atoms with Gasteiger partial charge in [-0.25, -0.2) is 0 Å². The predicted octanol–water partition coefficient (Wildman–Crippen LogP) is 2.59. The first-order valence-electron chi connectivity index (χ1n) is 3.94. The molecule has 0 amide bonds. The van der Waals surface area contributed by atoms with Gasteiger partial charge in [-0.05, 0) is 13.3 Å². The largest absolute Gasteiger partial charge is 0.466 e. The molecule has 0 saturated heterocycles. The highest BCUT2D eigenvalue weighted by atomic mass is 35.5. The summed E-state index contributed by atoms with van der Waals surface area (Å²) >= 11 is 5.00. The van der Waals surface area contributed by atoms with E-state index in [2.05, 4.69) is 4.74 Å². The highest BCUT2D eigenvalue weighted by Gasteiger charge is 1.95. The zero-order chi connectivity index (χ0) is 9.11. The van der Waals surface area contributed by atoms with Gasteiger partial charge in [0.05, 0.1) is 6.61 Å². The van der Waals surface area contributed by atoms with Crippen LogP contribution in [-0.4, -0.2) is 18.5 Å². The maximum atomic E-state index is 10.4. The lowest BCUT2D eigenvalue weighted by atomic mass is 10.3. The molecule has 0 bridgehead atoms. The van der Waals surface area contributed by atoms with E-state index in [0.29, 0.717) is 13.0 Å². The van der Waals surface area contributed by atoms with E-state index in [1.54, 1.807) is 0 Å². The Bertz CT molecular complexity index is 76.2. The molecule has 0 spiro atoms. The van der Waals surface area contributed by atoms with Crippen molar-refractivity contribution in [2.45, 2.75) is 33.6 Å². The zero-order valence-corrected chi connectivity index (χ0v) is 8.28. The molecule has 0 radical (unpaired) electrons. The molecule has 3 heteroatoms. The molecule has 0 aromatic heterocycles. The highest BCUT2D eigenvalue weighted by Crippen LogP contribution is 1.89. The minimum Gasteiger partial charge on any atom is -0.466 e. The molecule has 0 aromatic carbocycles. The summed E-state index contributed by atoms with van der Waals surface area (Å²) in [6.45, 7) is 6.16. The normalized spacial score (nSPS) is 8.00. The van der Waals surface area contributed by atoms with Gasteiger partial charge < -0.3 is 4.74 Å². The monoisotopic (exact) mass is 180 g/mol. The van der Waals surface area contributed by atoms with Gasteiger partial charge in [0.25, 0.3) is 0 Å². The summed E-state index contributed by atoms with van der Waals surface area (Å²) in [5.74, 6) is 0.634. The summed E-state index contributed by atoms with van der Waals surface area (Å²) in [7, 11) is 0. The first-order chi connectivity index (χ1) is 5.22. The van der Waals surface area contributed by atoms with Gasteiger partial charge in [-0.1, -0.05) is 13.8 Å². The fourth-order valence-electron chi connectivity index (χ4n) is 0.437. The molecule has 0 fully saturated rings. The number of carbonyl (C=O) groups is 1. The summed E-state index contributed by atoms with van der Waals surface area (Å²) in [6.07, 6.45) is 1.42. The molecule has 0 aliphatic rings. The molecule has 0 heterocycles. The lowest BCUT2D eigenvalue weighted by molar-refractivity contribution is -0.143. The molecule has 0 aliphatic heterocycles. The SMILES string of the molecule is CCCC(=O)OCC.CCCl. The summed E-state index contributed by atoms with van der Waals surface area (Å²) in [5.41, 5.74) is 0. The van der Waals surface area contributed by atoms with Crippen molar-refractivity contribution in [1.82, 2.24) is 0 Å². The first kappa shape index (κ1) is 13.4. The summed E-state index contributed by atoms with van der Waals surface area (Å²) in [5, 5.41) is 0. The van der Waals surface area contributed by atoms with Crippen molar-refractivity contribution in [3.63, 3.8) is 0 Å². The lowest BCUT2D eigenvalue weighted by Crippen LogP contribution is -2.01. The summed E-state index contributed by atoms with van der Waals surface area (Å²) < 4.78 is 4.64. The van der Waals surface area contributed by atoms with Crippen molar-refractivity contribution in [2.24, 2.45) is 0 Å². The number of rotatable bonds is 3. The number of esters is 1. The number of ether oxygens (including phenoxy) is 1. The van der Waals surface area contributed by atoms with Crippen LogP contribution in [0.1, 0.15) is 33.6 Å². The maximum Gasteiger partial charge on any atom is 0.305 e. The van der Waals surface area contributed by atoms with Crippen LogP contribution in [0.3, 0.4) is 0 Å². The topological polar surface area (TPSA) is 26.3 Å². The molecule has 11 heavy (non-hydrogen) atoms. The standard InChI is InChI=1S/C6H12O2.C2H5Cl/c1-3-5-6(7)8-4-2;1-2-3/h3-5H2,1-2H3;2H2,1H3. The van der Waals surface area contributed by atoms with Crippen molar-refractivity contribution in [3.05, 3.63) is 0 Å². The van der Waals surface area contributed by atoms with Gasteiger partial charge in [-0.15, -0.1) is 11.6 Å². The highest BCUT2D eigenvalue weighted by molar-refractivity contribution is 6.17. The number of carbonyl (C=O) groups excluding carboxylic acids is 1. The average molecular weight is 181 g/mol. The molecule has 0 saturated carbocycles. The second-order valence-corrected chi connectivity index (χ2v) is 2.36. The number of halogens is 1. The third kappa shape index (κ3) is 17.7. The van der Waals surface area contributed by atoms with Gasteiger partial charge >= 0.3 is 5.97 Å². The Morgan fingerprint density at radius 1 is 1.36 bits per heavy atom. The quantitative estimate of drug-likeness (QED) is 0.493. The minimum atomic E-state index is -0.0880.